The van der Waals surface area contributed by atoms with E-state index in [-0.39, 0.29) is 6.79 Å². The van der Waals surface area contributed by atoms with Crippen LogP contribution in [-0.4, -0.2) is 36.5 Å². The Kier molecular flexibility index (Phi) is 3.08. The molecule has 5 heteroatoms. The largest absolute Gasteiger partial charge is 0.465 e. The molecule has 1 amide bonds. The minimum atomic E-state index is -0.914. The number of carboxylic acid groups (broad SMARTS) is 1. The molecule has 2 rings (SSSR count). The zero-order chi connectivity index (χ0) is 12.4. The number of amides is 1. The monoisotopic (exact) mass is 237 g/mol. The highest BCUT2D eigenvalue weighted by Crippen LogP contribution is 2.34. The lowest BCUT2D eigenvalue weighted by atomic mass is 10.0. The zero-order valence-electron chi connectivity index (χ0n) is 9.90. The van der Waals surface area contributed by atoms with E-state index in [1.807, 2.05) is 19.1 Å². The van der Waals surface area contributed by atoms with Gasteiger partial charge in [0.25, 0.3) is 0 Å². The lowest BCUT2D eigenvalue weighted by Crippen LogP contribution is -2.27. The molecule has 1 aromatic rings. The fourth-order valence-electron chi connectivity index (χ4n) is 1.74. The molecule has 0 saturated heterocycles. The van der Waals surface area contributed by atoms with E-state index in [4.69, 9.17) is 14.6 Å². The molecule has 0 aliphatic carbocycles. The van der Waals surface area contributed by atoms with Gasteiger partial charge in [0.1, 0.15) is 0 Å². The van der Waals surface area contributed by atoms with Crippen LogP contribution in [0.1, 0.15) is 11.1 Å². The fourth-order valence-corrected chi connectivity index (χ4v) is 1.74. The van der Waals surface area contributed by atoms with Crippen molar-refractivity contribution in [3.05, 3.63) is 23.3 Å². The van der Waals surface area contributed by atoms with Crippen LogP contribution in [0, 0.1) is 6.92 Å². The maximum Gasteiger partial charge on any atom is 0.407 e. The standard InChI is InChI=1S/C12H15NO4/c1-8-5-10-11(17-7-16-10)6-9(8)3-4-13(2)12(14)15/h5-6H,3-4,7H2,1-2H3,(H,14,15). The summed E-state index contributed by atoms with van der Waals surface area (Å²) in [5, 5.41) is 8.77. The molecule has 92 valence electrons. The summed E-state index contributed by atoms with van der Waals surface area (Å²) in [5.41, 5.74) is 2.18. The average molecular weight is 237 g/mol. The number of rotatable bonds is 3. The molecular weight excluding hydrogens is 222 g/mol. The molecule has 1 aliphatic rings. The van der Waals surface area contributed by atoms with Crippen LogP contribution in [0.3, 0.4) is 0 Å². The summed E-state index contributed by atoms with van der Waals surface area (Å²) in [7, 11) is 1.56. The van der Waals surface area contributed by atoms with Crippen LogP contribution in [0.5, 0.6) is 11.5 Å². The average Bonchev–Trinajstić information content (AvgIpc) is 2.72. The Morgan fingerprint density at radius 1 is 1.41 bits per heavy atom. The number of hydrogen-bond donors (Lipinski definition) is 1. The maximum absolute atomic E-state index is 10.7. The van der Waals surface area contributed by atoms with Gasteiger partial charge < -0.3 is 19.5 Å². The lowest BCUT2D eigenvalue weighted by Gasteiger charge is -2.14. The van der Waals surface area contributed by atoms with Gasteiger partial charge in [-0.2, -0.15) is 0 Å². The van der Waals surface area contributed by atoms with Crippen molar-refractivity contribution in [1.82, 2.24) is 4.90 Å². The molecule has 1 aromatic carbocycles. The topological polar surface area (TPSA) is 59.0 Å². The Hall–Kier alpha value is -1.91. The van der Waals surface area contributed by atoms with Gasteiger partial charge in [-0.25, -0.2) is 4.79 Å². The molecule has 0 spiro atoms. The number of likely N-dealkylation sites (N-methyl/N-ethyl adjacent to an activating group) is 1. The number of nitrogens with zero attached hydrogens (tertiary/aromatic N) is 1. The van der Waals surface area contributed by atoms with Crippen molar-refractivity contribution >= 4 is 6.09 Å². The van der Waals surface area contributed by atoms with E-state index in [1.54, 1.807) is 7.05 Å². The van der Waals surface area contributed by atoms with Gasteiger partial charge in [-0.1, -0.05) is 0 Å². The molecule has 5 nitrogen and oxygen atoms in total. The first kappa shape index (κ1) is 11.6. The number of fused-ring (bicyclic) bond motifs is 1. The summed E-state index contributed by atoms with van der Waals surface area (Å²) < 4.78 is 10.6. The first-order valence-electron chi connectivity index (χ1n) is 5.41. The Morgan fingerprint density at radius 2 is 2.06 bits per heavy atom. The molecule has 1 heterocycles. The number of ether oxygens (including phenoxy) is 2. The van der Waals surface area contributed by atoms with Crippen LogP contribution < -0.4 is 9.47 Å². The lowest BCUT2D eigenvalue weighted by molar-refractivity contribution is 0.156. The SMILES string of the molecule is Cc1cc2c(cc1CCN(C)C(=O)O)OCO2. The highest BCUT2D eigenvalue weighted by atomic mass is 16.7. The molecule has 17 heavy (non-hydrogen) atoms. The Morgan fingerprint density at radius 3 is 2.71 bits per heavy atom. The molecule has 0 unspecified atom stereocenters. The van der Waals surface area contributed by atoms with E-state index in [0.717, 1.165) is 22.6 Å². The highest BCUT2D eigenvalue weighted by molar-refractivity contribution is 5.64. The van der Waals surface area contributed by atoms with Crippen LogP contribution in [-0.2, 0) is 6.42 Å². The summed E-state index contributed by atoms with van der Waals surface area (Å²) in [6.07, 6.45) is -0.242. The van der Waals surface area contributed by atoms with Gasteiger partial charge in [-0.15, -0.1) is 0 Å². The number of aryl methyl sites for hydroxylation is 1. The summed E-state index contributed by atoms with van der Waals surface area (Å²) in [6, 6.07) is 3.85. The Labute approximate surface area is 99.6 Å². The van der Waals surface area contributed by atoms with Crippen LogP contribution in [0.2, 0.25) is 0 Å². The van der Waals surface area contributed by atoms with Gasteiger partial charge in [0.05, 0.1) is 0 Å². The van der Waals surface area contributed by atoms with Crippen molar-refractivity contribution in [3.63, 3.8) is 0 Å². The zero-order valence-corrected chi connectivity index (χ0v) is 9.90. The van der Waals surface area contributed by atoms with Crippen molar-refractivity contribution in [2.75, 3.05) is 20.4 Å². The van der Waals surface area contributed by atoms with E-state index < -0.39 is 6.09 Å². The maximum atomic E-state index is 10.7. The van der Waals surface area contributed by atoms with E-state index >= 15 is 0 Å². The van der Waals surface area contributed by atoms with Crippen molar-refractivity contribution in [3.8, 4) is 11.5 Å². The van der Waals surface area contributed by atoms with Gasteiger partial charge in [0.2, 0.25) is 6.79 Å². The van der Waals surface area contributed by atoms with E-state index in [2.05, 4.69) is 0 Å². The van der Waals surface area contributed by atoms with Crippen molar-refractivity contribution in [1.29, 1.82) is 0 Å². The van der Waals surface area contributed by atoms with Gasteiger partial charge in [0.15, 0.2) is 11.5 Å². The second-order valence-corrected chi connectivity index (χ2v) is 4.09. The molecular formula is C12H15NO4. The predicted octanol–water partition coefficient (Wildman–Crippen LogP) is 1.88. The normalized spacial score (nSPS) is 12.6. The quantitative estimate of drug-likeness (QED) is 0.872. The molecule has 0 saturated carbocycles. The van der Waals surface area contributed by atoms with Crippen LogP contribution in [0.15, 0.2) is 12.1 Å². The third-order valence-corrected chi connectivity index (χ3v) is 2.87. The first-order chi connectivity index (χ1) is 8.08. The van der Waals surface area contributed by atoms with Crippen molar-refractivity contribution in [2.45, 2.75) is 13.3 Å². The predicted molar refractivity (Wildman–Crippen MR) is 61.7 cm³/mol. The van der Waals surface area contributed by atoms with Gasteiger partial charge in [-0.05, 0) is 36.6 Å². The summed E-state index contributed by atoms with van der Waals surface area (Å²) in [5.74, 6) is 1.50. The molecule has 0 fully saturated rings. The molecule has 0 aromatic heterocycles. The van der Waals surface area contributed by atoms with Crippen molar-refractivity contribution in [2.24, 2.45) is 0 Å². The Bertz CT molecular complexity index is 444. The van der Waals surface area contributed by atoms with E-state index in [1.165, 1.54) is 4.90 Å². The minimum Gasteiger partial charge on any atom is -0.465 e. The van der Waals surface area contributed by atoms with Crippen LogP contribution in [0.25, 0.3) is 0 Å². The van der Waals surface area contributed by atoms with Crippen LogP contribution in [0.4, 0.5) is 4.79 Å². The summed E-state index contributed by atoms with van der Waals surface area (Å²) in [6.45, 7) is 2.71. The second kappa shape index (κ2) is 4.53. The molecule has 0 atom stereocenters. The molecule has 0 bridgehead atoms. The van der Waals surface area contributed by atoms with Crippen LogP contribution >= 0.6 is 0 Å². The second-order valence-electron chi connectivity index (χ2n) is 4.09. The number of hydrogen-bond acceptors (Lipinski definition) is 3. The third-order valence-electron chi connectivity index (χ3n) is 2.87. The molecule has 0 radical (unpaired) electrons. The van der Waals surface area contributed by atoms with Gasteiger partial charge >= 0.3 is 6.09 Å². The van der Waals surface area contributed by atoms with E-state index in [0.29, 0.717) is 13.0 Å². The number of carbonyl (C=O) groups is 1. The minimum absolute atomic E-state index is 0.257. The summed E-state index contributed by atoms with van der Waals surface area (Å²) >= 11 is 0. The first-order valence-corrected chi connectivity index (χ1v) is 5.41. The molecule has 1 aliphatic heterocycles. The third kappa shape index (κ3) is 2.43. The molecule has 1 N–H and O–H groups in total. The summed E-state index contributed by atoms with van der Waals surface area (Å²) in [4.78, 5) is 11.9. The van der Waals surface area contributed by atoms with Crippen molar-refractivity contribution < 1.29 is 19.4 Å². The van der Waals surface area contributed by atoms with Gasteiger partial charge in [0, 0.05) is 13.6 Å². The Balaban J connectivity index is 2.09. The fraction of sp³-hybridized carbons (Fsp3) is 0.417. The van der Waals surface area contributed by atoms with Gasteiger partial charge in [-0.3, -0.25) is 0 Å². The smallest absolute Gasteiger partial charge is 0.407 e. The highest BCUT2D eigenvalue weighted by Gasteiger charge is 2.16. The van der Waals surface area contributed by atoms with E-state index in [9.17, 15) is 4.79 Å². The number of benzene rings is 1.